The Bertz CT molecular complexity index is 901. The van der Waals surface area contributed by atoms with Crippen LogP contribution in [0.2, 0.25) is 0 Å². The molecule has 0 spiro atoms. The lowest BCUT2D eigenvalue weighted by Crippen LogP contribution is -2.48. The average molecular weight is 346 g/mol. The first kappa shape index (κ1) is 15.6. The Morgan fingerprint density at radius 3 is 1.88 bits per heavy atom. The molecule has 26 heavy (non-hydrogen) atoms. The van der Waals surface area contributed by atoms with E-state index in [4.69, 9.17) is 0 Å². The van der Waals surface area contributed by atoms with E-state index in [1.165, 1.54) is 11.1 Å². The number of carbonyl (C=O) groups is 2. The fraction of sp³-hybridized carbons (Fsp3) is 0.364. The van der Waals surface area contributed by atoms with Gasteiger partial charge in [0, 0.05) is 24.5 Å². The van der Waals surface area contributed by atoms with Crippen LogP contribution in [0.5, 0.6) is 0 Å². The zero-order valence-electron chi connectivity index (χ0n) is 14.8. The molecule has 2 heterocycles. The van der Waals surface area contributed by atoms with Gasteiger partial charge >= 0.3 is 0 Å². The van der Waals surface area contributed by atoms with Crippen LogP contribution in [-0.2, 0) is 22.4 Å². The summed E-state index contributed by atoms with van der Waals surface area (Å²) < 4.78 is 0. The second-order valence-electron chi connectivity index (χ2n) is 7.61. The predicted octanol–water partition coefficient (Wildman–Crippen LogP) is 3.34. The van der Waals surface area contributed by atoms with Gasteiger partial charge < -0.3 is 9.80 Å². The molecule has 3 aliphatic rings. The highest BCUT2D eigenvalue weighted by molar-refractivity contribution is 6.19. The Kier molecular flexibility index (Phi) is 3.42. The maximum Gasteiger partial charge on any atom is 0.242 e. The fourth-order valence-electron chi connectivity index (χ4n) is 4.45. The van der Waals surface area contributed by atoms with Gasteiger partial charge in [-0.1, -0.05) is 36.4 Å². The third kappa shape index (κ3) is 2.21. The molecule has 1 fully saturated rings. The molecule has 132 valence electrons. The first-order valence-corrected chi connectivity index (χ1v) is 9.50. The number of aryl methyl sites for hydroxylation is 1. The summed E-state index contributed by atoms with van der Waals surface area (Å²) in [7, 11) is 0. The molecule has 0 radical (unpaired) electrons. The van der Waals surface area contributed by atoms with Crippen molar-refractivity contribution < 1.29 is 9.59 Å². The lowest BCUT2D eigenvalue weighted by atomic mass is 9.97. The van der Waals surface area contributed by atoms with Crippen LogP contribution < -0.4 is 9.80 Å². The zero-order valence-corrected chi connectivity index (χ0v) is 14.8. The van der Waals surface area contributed by atoms with Gasteiger partial charge in [0.25, 0.3) is 0 Å². The molecule has 4 nitrogen and oxygen atoms in total. The summed E-state index contributed by atoms with van der Waals surface area (Å²) in [4.78, 5) is 30.5. The summed E-state index contributed by atoms with van der Waals surface area (Å²) >= 11 is 0. The summed E-state index contributed by atoms with van der Waals surface area (Å²) in [6.07, 6.45) is 4.17. The molecule has 2 amide bonds. The molecular weight excluding hydrogens is 324 g/mol. The molecule has 0 atom stereocenters. The van der Waals surface area contributed by atoms with Gasteiger partial charge in [0.1, 0.15) is 5.41 Å². The fourth-order valence-corrected chi connectivity index (χ4v) is 4.45. The van der Waals surface area contributed by atoms with Crippen LogP contribution in [0.25, 0.3) is 0 Å². The van der Waals surface area contributed by atoms with E-state index in [9.17, 15) is 9.59 Å². The Balaban J connectivity index is 1.46. The Morgan fingerprint density at radius 2 is 1.27 bits per heavy atom. The lowest BCUT2D eigenvalue weighted by molar-refractivity contribution is -0.134. The van der Waals surface area contributed by atoms with E-state index >= 15 is 0 Å². The third-order valence-electron chi connectivity index (χ3n) is 6.06. The van der Waals surface area contributed by atoms with Crippen LogP contribution in [-0.4, -0.2) is 24.9 Å². The van der Waals surface area contributed by atoms with Gasteiger partial charge in [0.15, 0.2) is 0 Å². The number of rotatable bonds is 2. The maximum absolute atomic E-state index is 13.4. The van der Waals surface area contributed by atoms with Crippen LogP contribution in [0.4, 0.5) is 11.4 Å². The Morgan fingerprint density at radius 1 is 0.731 bits per heavy atom. The van der Waals surface area contributed by atoms with E-state index in [0.717, 1.165) is 30.6 Å². The van der Waals surface area contributed by atoms with Crippen molar-refractivity contribution in [2.45, 2.75) is 32.1 Å². The third-order valence-corrected chi connectivity index (χ3v) is 6.06. The predicted molar refractivity (Wildman–Crippen MR) is 101 cm³/mol. The van der Waals surface area contributed by atoms with Crippen molar-refractivity contribution in [2.75, 3.05) is 22.9 Å². The minimum atomic E-state index is -0.845. The van der Waals surface area contributed by atoms with Gasteiger partial charge in [-0.15, -0.1) is 0 Å². The topological polar surface area (TPSA) is 40.6 Å². The second-order valence-corrected chi connectivity index (χ2v) is 7.61. The quantitative estimate of drug-likeness (QED) is 0.783. The van der Waals surface area contributed by atoms with Crippen LogP contribution in [0.3, 0.4) is 0 Å². The molecule has 1 aliphatic carbocycles. The van der Waals surface area contributed by atoms with E-state index in [-0.39, 0.29) is 11.8 Å². The summed E-state index contributed by atoms with van der Waals surface area (Å²) in [6, 6.07) is 16.1. The van der Waals surface area contributed by atoms with E-state index in [1.807, 2.05) is 46.2 Å². The number of carbonyl (C=O) groups excluding carboxylic acids is 2. The number of hydrogen-bond donors (Lipinski definition) is 0. The SMILES string of the molecule is O=C(N1CCCc2ccccc21)C1(C(=O)N2CCc3ccccc32)CC1. The van der Waals surface area contributed by atoms with E-state index < -0.39 is 5.41 Å². The summed E-state index contributed by atoms with van der Waals surface area (Å²) in [5, 5.41) is 0. The van der Waals surface area contributed by atoms with Crippen LogP contribution >= 0.6 is 0 Å². The molecule has 0 aromatic heterocycles. The highest BCUT2D eigenvalue weighted by atomic mass is 16.2. The highest BCUT2D eigenvalue weighted by Gasteiger charge is 2.60. The summed E-state index contributed by atoms with van der Waals surface area (Å²) in [5.74, 6) is -0.00506. The molecule has 1 saturated carbocycles. The molecule has 0 saturated heterocycles. The molecular formula is C22H22N2O2. The Hall–Kier alpha value is -2.62. The van der Waals surface area contributed by atoms with Crippen molar-refractivity contribution in [1.29, 1.82) is 0 Å². The number of nitrogens with zero attached hydrogens (tertiary/aromatic N) is 2. The van der Waals surface area contributed by atoms with E-state index in [0.29, 0.717) is 25.9 Å². The normalized spacial score (nSPS) is 19.7. The van der Waals surface area contributed by atoms with E-state index in [2.05, 4.69) is 12.1 Å². The van der Waals surface area contributed by atoms with Gasteiger partial charge in [-0.05, 0) is 55.4 Å². The first-order chi connectivity index (χ1) is 12.7. The zero-order chi connectivity index (χ0) is 17.7. The number of benzene rings is 2. The lowest BCUT2D eigenvalue weighted by Gasteiger charge is -2.33. The van der Waals surface area contributed by atoms with Gasteiger partial charge in [-0.2, -0.15) is 0 Å². The van der Waals surface area contributed by atoms with Crippen molar-refractivity contribution in [3.8, 4) is 0 Å². The summed E-state index contributed by atoms with van der Waals surface area (Å²) in [5.41, 5.74) is 3.54. The number of para-hydroxylation sites is 2. The average Bonchev–Trinajstić information content (AvgIpc) is 3.40. The van der Waals surface area contributed by atoms with Gasteiger partial charge in [0.2, 0.25) is 11.8 Å². The van der Waals surface area contributed by atoms with Gasteiger partial charge in [0.05, 0.1) is 0 Å². The van der Waals surface area contributed by atoms with Crippen LogP contribution in [0.15, 0.2) is 48.5 Å². The second kappa shape index (κ2) is 5.70. The largest absolute Gasteiger partial charge is 0.311 e. The maximum atomic E-state index is 13.4. The summed E-state index contributed by atoms with van der Waals surface area (Å²) in [6.45, 7) is 1.39. The molecule has 0 bridgehead atoms. The highest BCUT2D eigenvalue weighted by Crippen LogP contribution is 2.51. The molecule has 0 unspecified atom stereocenters. The van der Waals surface area contributed by atoms with Crippen LogP contribution in [0, 0.1) is 5.41 Å². The minimum absolute atomic E-state index is 0.000897. The standard InChI is InChI=1S/C22H22N2O2/c25-20(23-14-5-8-16-6-1-3-9-18(16)23)22(12-13-22)21(26)24-15-11-17-7-2-4-10-19(17)24/h1-4,6-7,9-10H,5,8,11-15H2. The van der Waals surface area contributed by atoms with Crippen molar-refractivity contribution in [3.05, 3.63) is 59.7 Å². The molecule has 2 aromatic rings. The smallest absolute Gasteiger partial charge is 0.242 e. The van der Waals surface area contributed by atoms with Crippen molar-refractivity contribution in [3.63, 3.8) is 0 Å². The number of amides is 2. The van der Waals surface area contributed by atoms with Crippen molar-refractivity contribution in [2.24, 2.45) is 5.41 Å². The number of anilines is 2. The van der Waals surface area contributed by atoms with Crippen LogP contribution in [0.1, 0.15) is 30.4 Å². The van der Waals surface area contributed by atoms with Gasteiger partial charge in [-0.25, -0.2) is 0 Å². The first-order valence-electron chi connectivity index (χ1n) is 9.50. The number of fused-ring (bicyclic) bond motifs is 2. The molecule has 2 aromatic carbocycles. The van der Waals surface area contributed by atoms with Crippen molar-refractivity contribution in [1.82, 2.24) is 0 Å². The van der Waals surface area contributed by atoms with Crippen molar-refractivity contribution >= 4 is 23.2 Å². The molecule has 5 rings (SSSR count). The Labute approximate surface area is 153 Å². The molecule has 0 N–H and O–H groups in total. The number of hydrogen-bond acceptors (Lipinski definition) is 2. The monoisotopic (exact) mass is 346 g/mol. The molecule has 2 aliphatic heterocycles. The molecule has 4 heteroatoms. The van der Waals surface area contributed by atoms with Gasteiger partial charge in [-0.3, -0.25) is 9.59 Å². The minimum Gasteiger partial charge on any atom is -0.311 e. The van der Waals surface area contributed by atoms with E-state index in [1.54, 1.807) is 0 Å².